The Hall–Kier alpha value is -2.87. The Bertz CT molecular complexity index is 1190. The Balaban J connectivity index is 1.69. The third-order valence-electron chi connectivity index (χ3n) is 5.03. The summed E-state index contributed by atoms with van der Waals surface area (Å²) in [5.74, 6) is 0.0605. The number of halogens is 1. The van der Waals surface area contributed by atoms with Gasteiger partial charge in [-0.2, -0.15) is 0 Å². The van der Waals surface area contributed by atoms with E-state index in [1.165, 1.54) is 41.0 Å². The summed E-state index contributed by atoms with van der Waals surface area (Å²) in [5, 5.41) is 7.70. The predicted molar refractivity (Wildman–Crippen MR) is 125 cm³/mol. The molecule has 3 N–H and O–H groups in total. The number of fused-ring (bicyclic) bond motifs is 1. The number of para-hydroxylation sites is 1. The summed E-state index contributed by atoms with van der Waals surface area (Å²) in [7, 11) is -3.23. The van der Waals surface area contributed by atoms with Crippen molar-refractivity contribution in [2.24, 2.45) is 4.99 Å². The van der Waals surface area contributed by atoms with E-state index in [4.69, 9.17) is 0 Å². The van der Waals surface area contributed by atoms with Crippen LogP contribution in [0.4, 0.5) is 4.39 Å². The van der Waals surface area contributed by atoms with Crippen molar-refractivity contribution >= 4 is 26.7 Å². The number of rotatable bonds is 8. The van der Waals surface area contributed by atoms with Crippen molar-refractivity contribution in [3.8, 4) is 0 Å². The molecule has 1 heterocycles. The zero-order chi connectivity index (χ0) is 22.4. The second-order valence-electron chi connectivity index (χ2n) is 7.67. The number of nitrogens with zero attached hydrogens (tertiary/aromatic N) is 1. The highest BCUT2D eigenvalue weighted by Crippen LogP contribution is 2.21. The summed E-state index contributed by atoms with van der Waals surface area (Å²) >= 11 is 0. The molecule has 31 heavy (non-hydrogen) atoms. The first-order chi connectivity index (χ1) is 14.8. The molecule has 0 bridgehead atoms. The molecule has 8 heteroatoms. The van der Waals surface area contributed by atoms with Crippen LogP contribution in [0.5, 0.6) is 0 Å². The number of hydrogen-bond donors (Lipinski definition) is 3. The number of nitrogens with one attached hydrogen (secondary N) is 3. The SMILES string of the molecule is CCNC(=NCc1cc(F)ccc1CS(C)(=O)=O)NCCc1c[nH]c2c(C)cccc12. The van der Waals surface area contributed by atoms with E-state index >= 15 is 0 Å². The summed E-state index contributed by atoms with van der Waals surface area (Å²) in [6.45, 7) is 5.59. The molecule has 0 saturated carbocycles. The number of benzene rings is 2. The van der Waals surface area contributed by atoms with E-state index in [0.717, 1.165) is 11.9 Å². The van der Waals surface area contributed by atoms with Crippen LogP contribution in [0.2, 0.25) is 0 Å². The number of aromatic nitrogens is 1. The lowest BCUT2D eigenvalue weighted by Gasteiger charge is -2.12. The number of sulfone groups is 1. The molecule has 6 nitrogen and oxygen atoms in total. The van der Waals surface area contributed by atoms with E-state index in [9.17, 15) is 12.8 Å². The van der Waals surface area contributed by atoms with Crippen molar-refractivity contribution in [3.05, 3.63) is 70.7 Å². The largest absolute Gasteiger partial charge is 0.361 e. The van der Waals surface area contributed by atoms with Gasteiger partial charge in [-0.05, 0) is 54.7 Å². The Morgan fingerprint density at radius 3 is 2.68 bits per heavy atom. The van der Waals surface area contributed by atoms with Crippen molar-refractivity contribution in [3.63, 3.8) is 0 Å². The summed E-state index contributed by atoms with van der Waals surface area (Å²) in [4.78, 5) is 7.87. The minimum Gasteiger partial charge on any atom is -0.361 e. The Morgan fingerprint density at radius 1 is 1.13 bits per heavy atom. The van der Waals surface area contributed by atoms with Gasteiger partial charge >= 0.3 is 0 Å². The van der Waals surface area contributed by atoms with E-state index < -0.39 is 15.7 Å². The van der Waals surface area contributed by atoms with Crippen LogP contribution in [-0.2, 0) is 28.6 Å². The van der Waals surface area contributed by atoms with E-state index in [1.807, 2.05) is 13.1 Å². The molecular formula is C23H29FN4O2S. The first kappa shape index (κ1) is 22.8. The smallest absolute Gasteiger partial charge is 0.191 e. The highest BCUT2D eigenvalue weighted by atomic mass is 32.2. The van der Waals surface area contributed by atoms with Gasteiger partial charge in [-0.1, -0.05) is 24.3 Å². The van der Waals surface area contributed by atoms with Gasteiger partial charge in [0.05, 0.1) is 12.3 Å². The van der Waals surface area contributed by atoms with Gasteiger partial charge in [0.2, 0.25) is 0 Å². The number of aromatic amines is 1. The van der Waals surface area contributed by atoms with Gasteiger partial charge in [0.1, 0.15) is 5.82 Å². The first-order valence-corrected chi connectivity index (χ1v) is 12.4. The lowest BCUT2D eigenvalue weighted by Crippen LogP contribution is -2.38. The molecule has 0 aliphatic heterocycles. The van der Waals surface area contributed by atoms with Gasteiger partial charge in [0.25, 0.3) is 0 Å². The first-order valence-electron chi connectivity index (χ1n) is 10.3. The van der Waals surface area contributed by atoms with Crippen LogP contribution >= 0.6 is 0 Å². The zero-order valence-electron chi connectivity index (χ0n) is 18.1. The molecule has 1 aromatic heterocycles. The fraction of sp³-hybridized carbons (Fsp3) is 0.348. The fourth-order valence-electron chi connectivity index (χ4n) is 3.56. The van der Waals surface area contributed by atoms with Gasteiger partial charge in [0, 0.05) is 36.4 Å². The monoisotopic (exact) mass is 444 g/mol. The standard InChI is InChI=1S/C23H29FN4O2S/c1-4-25-23(26-11-10-17-13-27-22-16(2)6-5-7-21(17)22)28-14-19-12-20(24)9-8-18(19)15-31(3,29)30/h5-9,12-13,27H,4,10-11,14-15H2,1-3H3,(H2,25,26,28). The molecule has 166 valence electrons. The summed E-state index contributed by atoms with van der Waals surface area (Å²) in [6, 6.07) is 10.4. The third kappa shape index (κ3) is 6.30. The van der Waals surface area contributed by atoms with Gasteiger partial charge in [-0.15, -0.1) is 0 Å². The molecule has 0 saturated heterocycles. The Morgan fingerprint density at radius 2 is 1.94 bits per heavy atom. The number of aliphatic imine (C=N–C) groups is 1. The lowest BCUT2D eigenvalue weighted by atomic mass is 10.1. The van der Waals surface area contributed by atoms with Crippen LogP contribution in [0.25, 0.3) is 10.9 Å². The average Bonchev–Trinajstić information content (AvgIpc) is 3.11. The maximum atomic E-state index is 13.7. The van der Waals surface area contributed by atoms with Crippen LogP contribution < -0.4 is 10.6 Å². The highest BCUT2D eigenvalue weighted by molar-refractivity contribution is 7.89. The summed E-state index contributed by atoms with van der Waals surface area (Å²) < 4.78 is 37.1. The van der Waals surface area contributed by atoms with E-state index in [-0.39, 0.29) is 12.3 Å². The summed E-state index contributed by atoms with van der Waals surface area (Å²) in [6.07, 6.45) is 4.02. The second-order valence-corrected chi connectivity index (χ2v) is 9.81. The highest BCUT2D eigenvalue weighted by Gasteiger charge is 2.11. The summed E-state index contributed by atoms with van der Waals surface area (Å²) in [5.41, 5.74) is 4.73. The van der Waals surface area contributed by atoms with Gasteiger partial charge < -0.3 is 15.6 Å². The molecule has 0 amide bonds. The second kappa shape index (κ2) is 9.96. The van der Waals surface area contributed by atoms with Gasteiger partial charge in [0.15, 0.2) is 15.8 Å². The zero-order valence-corrected chi connectivity index (χ0v) is 18.9. The predicted octanol–water partition coefficient (Wildman–Crippen LogP) is 3.46. The molecule has 3 rings (SSSR count). The number of H-pyrrole nitrogens is 1. The number of guanidine groups is 1. The molecule has 0 atom stereocenters. The quantitative estimate of drug-likeness (QED) is 0.367. The van der Waals surface area contributed by atoms with Gasteiger partial charge in [-0.3, -0.25) is 0 Å². The topological polar surface area (TPSA) is 86.3 Å². The van der Waals surface area contributed by atoms with Crippen molar-refractivity contribution in [1.82, 2.24) is 15.6 Å². The van der Waals surface area contributed by atoms with Crippen LogP contribution in [-0.4, -0.2) is 38.7 Å². The Kier molecular flexibility index (Phi) is 7.33. The van der Waals surface area contributed by atoms with Crippen molar-refractivity contribution in [2.45, 2.75) is 32.6 Å². The van der Waals surface area contributed by atoms with Crippen LogP contribution in [0, 0.1) is 12.7 Å². The molecular weight excluding hydrogens is 415 g/mol. The van der Waals surface area contributed by atoms with Crippen molar-refractivity contribution in [1.29, 1.82) is 0 Å². The average molecular weight is 445 g/mol. The number of hydrogen-bond acceptors (Lipinski definition) is 3. The normalized spacial score (nSPS) is 12.3. The van der Waals surface area contributed by atoms with Crippen LogP contribution in [0.15, 0.2) is 47.6 Å². The fourth-order valence-corrected chi connectivity index (χ4v) is 4.40. The number of aryl methyl sites for hydroxylation is 1. The van der Waals surface area contributed by atoms with E-state index in [2.05, 4.69) is 45.7 Å². The minimum atomic E-state index is -3.23. The van der Waals surface area contributed by atoms with E-state index in [0.29, 0.717) is 30.2 Å². The molecule has 0 aliphatic carbocycles. The van der Waals surface area contributed by atoms with Crippen molar-refractivity contribution in [2.75, 3.05) is 19.3 Å². The minimum absolute atomic E-state index is 0.137. The molecule has 0 radical (unpaired) electrons. The maximum Gasteiger partial charge on any atom is 0.191 e. The van der Waals surface area contributed by atoms with E-state index in [1.54, 1.807) is 0 Å². The van der Waals surface area contributed by atoms with Crippen LogP contribution in [0.1, 0.15) is 29.2 Å². The molecule has 3 aromatic rings. The van der Waals surface area contributed by atoms with Crippen LogP contribution in [0.3, 0.4) is 0 Å². The molecule has 0 fully saturated rings. The lowest BCUT2D eigenvalue weighted by molar-refractivity contribution is 0.600. The molecule has 0 spiro atoms. The Labute approximate surface area is 182 Å². The molecule has 0 aliphatic rings. The maximum absolute atomic E-state index is 13.7. The molecule has 2 aromatic carbocycles. The van der Waals surface area contributed by atoms with Crippen molar-refractivity contribution < 1.29 is 12.8 Å². The third-order valence-corrected chi connectivity index (χ3v) is 5.87. The molecule has 0 unspecified atom stereocenters. The van der Waals surface area contributed by atoms with Gasteiger partial charge in [-0.25, -0.2) is 17.8 Å².